The summed E-state index contributed by atoms with van der Waals surface area (Å²) in [5.74, 6) is 0.219. The number of nitrogens with two attached hydrogens (primary N) is 1. The number of carbonyl (C=O) groups is 1. The molecular weight excluding hydrogens is 397 g/mol. The van der Waals surface area contributed by atoms with E-state index in [9.17, 15) is 18.0 Å². The number of fused-ring (bicyclic) bond motifs is 1. The summed E-state index contributed by atoms with van der Waals surface area (Å²) in [6, 6.07) is 9.80. The average Bonchev–Trinajstić information content (AvgIpc) is 3.11. The van der Waals surface area contributed by atoms with E-state index < -0.39 is 17.6 Å². The highest BCUT2D eigenvalue weighted by Crippen LogP contribution is 2.36. The van der Waals surface area contributed by atoms with E-state index in [4.69, 9.17) is 10.5 Å². The zero-order chi connectivity index (χ0) is 21.3. The van der Waals surface area contributed by atoms with Crippen LogP contribution < -0.4 is 15.4 Å². The molecule has 6 nitrogen and oxygen atoms in total. The Hall–Kier alpha value is -3.23. The first-order valence-corrected chi connectivity index (χ1v) is 9.63. The van der Waals surface area contributed by atoms with Crippen molar-refractivity contribution >= 4 is 22.6 Å². The number of amides is 1. The first-order chi connectivity index (χ1) is 14.3. The highest BCUT2D eigenvalue weighted by atomic mass is 19.4. The van der Waals surface area contributed by atoms with Crippen LogP contribution in [0.1, 0.15) is 18.4 Å². The van der Waals surface area contributed by atoms with E-state index in [2.05, 4.69) is 4.98 Å². The molecule has 2 aromatic heterocycles. The van der Waals surface area contributed by atoms with Gasteiger partial charge in [0.1, 0.15) is 24.2 Å². The van der Waals surface area contributed by atoms with Crippen LogP contribution in [0.5, 0.6) is 5.75 Å². The van der Waals surface area contributed by atoms with E-state index in [1.54, 1.807) is 15.7 Å². The van der Waals surface area contributed by atoms with Crippen molar-refractivity contribution in [2.24, 2.45) is 5.73 Å². The molecule has 1 amide bonds. The van der Waals surface area contributed by atoms with Gasteiger partial charge in [-0.3, -0.25) is 4.79 Å². The molecule has 0 radical (unpaired) electrons. The Labute approximate surface area is 171 Å². The Bertz CT molecular complexity index is 1060. The number of rotatable bonds is 5. The Kier molecular flexibility index (Phi) is 5.27. The van der Waals surface area contributed by atoms with Gasteiger partial charge in [0.25, 0.3) is 0 Å². The van der Waals surface area contributed by atoms with Crippen molar-refractivity contribution in [3.8, 4) is 5.75 Å². The average molecular weight is 418 g/mol. The molecule has 0 bridgehead atoms. The summed E-state index contributed by atoms with van der Waals surface area (Å²) in [6.45, 7) is 0.920. The molecule has 4 rings (SSSR count). The highest BCUT2D eigenvalue weighted by Gasteiger charge is 2.36. The lowest BCUT2D eigenvalue weighted by Crippen LogP contribution is -2.39. The largest absolute Gasteiger partial charge is 0.490 e. The van der Waals surface area contributed by atoms with E-state index in [-0.39, 0.29) is 18.5 Å². The van der Waals surface area contributed by atoms with E-state index in [1.807, 2.05) is 24.3 Å². The van der Waals surface area contributed by atoms with Crippen molar-refractivity contribution < 1.29 is 22.7 Å². The lowest BCUT2D eigenvalue weighted by atomic mass is 10.1. The minimum Gasteiger partial charge on any atom is -0.490 e. The molecule has 1 aromatic carbocycles. The topological polar surface area (TPSA) is 73.4 Å². The molecule has 1 fully saturated rings. The summed E-state index contributed by atoms with van der Waals surface area (Å²) in [6.07, 6.45) is -0.248. The third-order valence-electron chi connectivity index (χ3n) is 5.23. The van der Waals surface area contributed by atoms with Gasteiger partial charge >= 0.3 is 6.18 Å². The van der Waals surface area contributed by atoms with Gasteiger partial charge in [-0.2, -0.15) is 13.2 Å². The van der Waals surface area contributed by atoms with Crippen LogP contribution in [0.2, 0.25) is 0 Å². The van der Waals surface area contributed by atoms with Crippen LogP contribution in [-0.2, 0) is 17.5 Å². The number of hydrogen-bond donors (Lipinski definition) is 1. The monoisotopic (exact) mass is 418 g/mol. The molecule has 3 aromatic rings. The van der Waals surface area contributed by atoms with Crippen molar-refractivity contribution in [3.05, 3.63) is 54.4 Å². The van der Waals surface area contributed by atoms with Gasteiger partial charge in [0.15, 0.2) is 0 Å². The standard InChI is InChI=1S/C21H21F3N4O2/c22-21(23,24)16-3-2-9-26-20(16)27-10-6-14(7-11-27)30-18-5-1-4-17-15(18)8-12-28(17)13-19(25)29/h1-5,8-9,12,14H,6-7,10-11,13H2,(H2,25,29). The fourth-order valence-electron chi connectivity index (χ4n) is 3.84. The summed E-state index contributed by atoms with van der Waals surface area (Å²) in [5, 5.41) is 0.866. The van der Waals surface area contributed by atoms with Gasteiger partial charge in [-0.1, -0.05) is 6.07 Å². The molecule has 0 atom stereocenters. The fourth-order valence-corrected chi connectivity index (χ4v) is 3.84. The molecule has 0 saturated carbocycles. The van der Waals surface area contributed by atoms with Gasteiger partial charge in [0, 0.05) is 43.7 Å². The SMILES string of the molecule is NC(=O)Cn1ccc2c(OC3CCN(c4ncccc4C(F)(F)F)CC3)cccc21. The number of primary amides is 1. The van der Waals surface area contributed by atoms with Gasteiger partial charge in [-0.05, 0) is 30.3 Å². The maximum atomic E-state index is 13.3. The number of aromatic nitrogens is 2. The number of nitrogens with zero attached hydrogens (tertiary/aromatic N) is 3. The fraction of sp³-hybridized carbons (Fsp3) is 0.333. The van der Waals surface area contributed by atoms with E-state index >= 15 is 0 Å². The molecule has 0 aliphatic carbocycles. The number of piperidine rings is 1. The van der Waals surface area contributed by atoms with Crippen molar-refractivity contribution in [3.63, 3.8) is 0 Å². The predicted octanol–water partition coefficient (Wildman–Crippen LogP) is 3.59. The third-order valence-corrected chi connectivity index (χ3v) is 5.23. The number of alkyl halides is 3. The van der Waals surface area contributed by atoms with Gasteiger partial charge < -0.3 is 19.9 Å². The van der Waals surface area contributed by atoms with Crippen molar-refractivity contribution in [2.45, 2.75) is 31.7 Å². The summed E-state index contributed by atoms with van der Waals surface area (Å²) in [7, 11) is 0. The maximum absolute atomic E-state index is 13.3. The molecule has 3 heterocycles. The molecule has 1 aliphatic heterocycles. The second kappa shape index (κ2) is 7.89. The van der Waals surface area contributed by atoms with Gasteiger partial charge in [-0.25, -0.2) is 4.98 Å². The first-order valence-electron chi connectivity index (χ1n) is 9.63. The second-order valence-corrected chi connectivity index (χ2v) is 7.28. The molecule has 9 heteroatoms. The van der Waals surface area contributed by atoms with Crippen LogP contribution in [0.25, 0.3) is 10.9 Å². The molecule has 2 N–H and O–H groups in total. The number of benzene rings is 1. The van der Waals surface area contributed by atoms with Gasteiger partial charge in [0.05, 0.1) is 11.1 Å². The summed E-state index contributed by atoms with van der Waals surface area (Å²) in [5.41, 5.74) is 5.41. The number of anilines is 1. The lowest BCUT2D eigenvalue weighted by Gasteiger charge is -2.34. The Morgan fingerprint density at radius 2 is 1.93 bits per heavy atom. The third kappa shape index (κ3) is 4.05. The second-order valence-electron chi connectivity index (χ2n) is 7.28. The van der Waals surface area contributed by atoms with Crippen LogP contribution in [0, 0.1) is 0 Å². The maximum Gasteiger partial charge on any atom is 0.419 e. The number of carbonyl (C=O) groups excluding carboxylic acids is 1. The number of pyridine rings is 1. The highest BCUT2D eigenvalue weighted by molar-refractivity contribution is 5.87. The van der Waals surface area contributed by atoms with Crippen molar-refractivity contribution in [2.75, 3.05) is 18.0 Å². The molecular formula is C21H21F3N4O2. The zero-order valence-electron chi connectivity index (χ0n) is 16.1. The van der Waals surface area contributed by atoms with Gasteiger partial charge in [0.2, 0.25) is 5.91 Å². The minimum absolute atomic E-state index is 0.0333. The summed E-state index contributed by atoms with van der Waals surface area (Å²) >= 11 is 0. The normalized spacial score (nSPS) is 15.5. The van der Waals surface area contributed by atoms with Crippen LogP contribution in [0.15, 0.2) is 48.8 Å². The first kappa shape index (κ1) is 20.1. The summed E-state index contributed by atoms with van der Waals surface area (Å²) in [4.78, 5) is 16.9. The lowest BCUT2D eigenvalue weighted by molar-refractivity contribution is -0.137. The molecule has 1 saturated heterocycles. The molecule has 0 spiro atoms. The predicted molar refractivity (Wildman–Crippen MR) is 106 cm³/mol. The molecule has 1 aliphatic rings. The Balaban J connectivity index is 1.46. The van der Waals surface area contributed by atoms with E-state index in [1.165, 1.54) is 12.3 Å². The zero-order valence-corrected chi connectivity index (χ0v) is 16.1. The van der Waals surface area contributed by atoms with Crippen LogP contribution in [0.3, 0.4) is 0 Å². The number of ether oxygens (including phenoxy) is 1. The quantitative estimate of drug-likeness (QED) is 0.687. The van der Waals surface area contributed by atoms with Crippen LogP contribution >= 0.6 is 0 Å². The smallest absolute Gasteiger partial charge is 0.419 e. The Morgan fingerprint density at radius 1 is 1.17 bits per heavy atom. The van der Waals surface area contributed by atoms with E-state index in [0.717, 1.165) is 17.0 Å². The Morgan fingerprint density at radius 3 is 2.63 bits per heavy atom. The minimum atomic E-state index is -4.44. The van der Waals surface area contributed by atoms with Crippen LogP contribution in [-0.4, -0.2) is 34.7 Å². The van der Waals surface area contributed by atoms with Gasteiger partial charge in [-0.15, -0.1) is 0 Å². The van der Waals surface area contributed by atoms with Crippen molar-refractivity contribution in [1.82, 2.24) is 9.55 Å². The summed E-state index contributed by atoms with van der Waals surface area (Å²) < 4.78 is 47.8. The molecule has 158 valence electrons. The molecule has 0 unspecified atom stereocenters. The van der Waals surface area contributed by atoms with Crippen LogP contribution in [0.4, 0.5) is 19.0 Å². The van der Waals surface area contributed by atoms with E-state index in [0.29, 0.717) is 31.7 Å². The van der Waals surface area contributed by atoms with Crippen molar-refractivity contribution in [1.29, 1.82) is 0 Å². The number of hydrogen-bond acceptors (Lipinski definition) is 4. The number of halogens is 3. The molecule has 30 heavy (non-hydrogen) atoms.